The van der Waals surface area contributed by atoms with Gasteiger partial charge < -0.3 is 19.5 Å². The average Bonchev–Trinajstić information content (AvgIpc) is 3.58. The van der Waals surface area contributed by atoms with E-state index in [1.807, 2.05) is 66.7 Å². The summed E-state index contributed by atoms with van der Waals surface area (Å²) >= 11 is 0. The Bertz CT molecular complexity index is 1410. The summed E-state index contributed by atoms with van der Waals surface area (Å²) in [5, 5.41) is 3.98. The minimum atomic E-state index is -0.716. The SMILES string of the molecule is O=C(OC1C2CC3C1OC(=O)C3C2C(=O)OC1(c2ccccc2)CC[NH2+]CC1)c1cccc2ccccc12. The summed E-state index contributed by atoms with van der Waals surface area (Å²) in [6.07, 6.45) is 0.856. The lowest BCUT2D eigenvalue weighted by molar-refractivity contribution is -0.668. The van der Waals surface area contributed by atoms with Crippen LogP contribution in [0.5, 0.6) is 0 Å². The monoisotopic (exact) mass is 512 g/mol. The topological polar surface area (TPSA) is 95.5 Å². The van der Waals surface area contributed by atoms with Crippen LogP contribution < -0.4 is 5.32 Å². The van der Waals surface area contributed by atoms with E-state index in [-0.39, 0.29) is 23.8 Å². The van der Waals surface area contributed by atoms with E-state index in [2.05, 4.69) is 5.32 Å². The summed E-state index contributed by atoms with van der Waals surface area (Å²) in [6, 6.07) is 23.1. The molecule has 2 bridgehead atoms. The van der Waals surface area contributed by atoms with Crippen molar-refractivity contribution in [3.05, 3.63) is 83.9 Å². The molecular formula is C31H30NO6+. The highest BCUT2D eigenvalue weighted by Crippen LogP contribution is 2.59. The van der Waals surface area contributed by atoms with E-state index in [4.69, 9.17) is 14.2 Å². The van der Waals surface area contributed by atoms with Gasteiger partial charge in [0.05, 0.1) is 30.5 Å². The number of hydrogen-bond donors (Lipinski definition) is 1. The Hall–Kier alpha value is -3.71. The van der Waals surface area contributed by atoms with Gasteiger partial charge in [0.15, 0.2) is 0 Å². The molecule has 6 atom stereocenters. The molecule has 2 aliphatic heterocycles. The number of ether oxygens (including phenoxy) is 3. The van der Waals surface area contributed by atoms with Crippen LogP contribution in [0.3, 0.4) is 0 Å². The van der Waals surface area contributed by atoms with Gasteiger partial charge in [0.1, 0.15) is 17.8 Å². The van der Waals surface area contributed by atoms with Gasteiger partial charge in [-0.1, -0.05) is 66.7 Å². The molecule has 0 spiro atoms. The second kappa shape index (κ2) is 8.95. The van der Waals surface area contributed by atoms with Gasteiger partial charge in [0, 0.05) is 24.7 Å². The van der Waals surface area contributed by atoms with Crippen LogP contribution in [0.1, 0.15) is 35.2 Å². The van der Waals surface area contributed by atoms with Crippen LogP contribution in [0.4, 0.5) is 0 Å². The van der Waals surface area contributed by atoms with Crippen LogP contribution in [0.15, 0.2) is 72.8 Å². The van der Waals surface area contributed by atoms with Crippen molar-refractivity contribution in [1.29, 1.82) is 0 Å². The Labute approximate surface area is 220 Å². The lowest BCUT2D eigenvalue weighted by atomic mass is 9.78. The fourth-order valence-corrected chi connectivity index (χ4v) is 7.45. The zero-order valence-electron chi connectivity index (χ0n) is 21.0. The number of hydrogen-bond acceptors (Lipinski definition) is 6. The molecular weight excluding hydrogens is 482 g/mol. The molecule has 2 aliphatic carbocycles. The van der Waals surface area contributed by atoms with Gasteiger partial charge in [0.25, 0.3) is 0 Å². The smallest absolute Gasteiger partial charge is 0.339 e. The second-order valence-electron chi connectivity index (χ2n) is 11.1. The van der Waals surface area contributed by atoms with Crippen molar-refractivity contribution in [2.24, 2.45) is 23.7 Å². The highest BCUT2D eigenvalue weighted by molar-refractivity contribution is 6.04. The molecule has 2 saturated heterocycles. The van der Waals surface area contributed by atoms with E-state index in [0.717, 1.165) is 29.4 Å². The summed E-state index contributed by atoms with van der Waals surface area (Å²) in [6.45, 7) is 1.72. The number of carbonyl (C=O) groups excluding carboxylic acids is 3. The summed E-state index contributed by atoms with van der Waals surface area (Å²) < 4.78 is 18.2. The molecule has 3 aromatic carbocycles. The fourth-order valence-electron chi connectivity index (χ4n) is 7.45. The molecule has 4 aliphatic rings. The van der Waals surface area contributed by atoms with E-state index in [1.54, 1.807) is 6.07 Å². The van der Waals surface area contributed by atoms with E-state index < -0.39 is 35.6 Å². The molecule has 194 valence electrons. The van der Waals surface area contributed by atoms with Crippen molar-refractivity contribution in [1.82, 2.24) is 0 Å². The van der Waals surface area contributed by atoms with Gasteiger partial charge in [-0.05, 0) is 28.8 Å². The molecule has 7 rings (SSSR count). The lowest BCUT2D eigenvalue weighted by Crippen LogP contribution is -2.87. The van der Waals surface area contributed by atoms with Gasteiger partial charge in [-0.3, -0.25) is 9.59 Å². The Morgan fingerprint density at radius 2 is 1.63 bits per heavy atom. The minimum absolute atomic E-state index is 0.136. The molecule has 4 fully saturated rings. The third-order valence-electron chi connectivity index (χ3n) is 9.17. The van der Waals surface area contributed by atoms with Crippen LogP contribution in [0.25, 0.3) is 10.8 Å². The maximum Gasteiger partial charge on any atom is 0.339 e. The van der Waals surface area contributed by atoms with Gasteiger partial charge >= 0.3 is 17.9 Å². The maximum absolute atomic E-state index is 13.9. The zero-order valence-corrected chi connectivity index (χ0v) is 21.0. The van der Waals surface area contributed by atoms with Crippen LogP contribution in [0, 0.1) is 23.7 Å². The van der Waals surface area contributed by atoms with Gasteiger partial charge in [-0.15, -0.1) is 0 Å². The van der Waals surface area contributed by atoms with Gasteiger partial charge in [-0.2, -0.15) is 0 Å². The van der Waals surface area contributed by atoms with Crippen molar-refractivity contribution in [3.63, 3.8) is 0 Å². The molecule has 0 amide bonds. The molecule has 0 radical (unpaired) electrons. The molecule has 2 saturated carbocycles. The first-order chi connectivity index (χ1) is 18.6. The summed E-state index contributed by atoms with van der Waals surface area (Å²) in [7, 11) is 0. The number of rotatable bonds is 5. The molecule has 7 heteroatoms. The first-order valence-electron chi connectivity index (χ1n) is 13.5. The predicted octanol–water partition coefficient (Wildman–Crippen LogP) is 2.97. The van der Waals surface area contributed by atoms with Gasteiger partial charge in [0.2, 0.25) is 0 Å². The highest BCUT2D eigenvalue weighted by atomic mass is 16.6. The summed E-state index contributed by atoms with van der Waals surface area (Å²) in [5.41, 5.74) is 0.731. The van der Waals surface area contributed by atoms with Crippen molar-refractivity contribution in [2.45, 2.75) is 37.1 Å². The number of piperidine rings is 1. The summed E-state index contributed by atoms with van der Waals surface area (Å²) in [4.78, 5) is 40.3. The van der Waals surface area contributed by atoms with Crippen molar-refractivity contribution in [3.8, 4) is 0 Å². The zero-order chi connectivity index (χ0) is 25.9. The first kappa shape index (κ1) is 23.4. The molecule has 2 N–H and O–H groups in total. The Morgan fingerprint density at radius 1 is 0.895 bits per heavy atom. The van der Waals surface area contributed by atoms with Crippen LogP contribution in [0.2, 0.25) is 0 Å². The van der Waals surface area contributed by atoms with E-state index in [0.29, 0.717) is 24.8 Å². The Kier molecular flexibility index (Phi) is 5.51. The van der Waals surface area contributed by atoms with Crippen molar-refractivity contribution >= 4 is 28.7 Å². The minimum Gasteiger partial charge on any atom is -0.458 e. The maximum atomic E-state index is 13.9. The van der Waals surface area contributed by atoms with Gasteiger partial charge in [-0.25, -0.2) is 4.79 Å². The highest BCUT2D eigenvalue weighted by Gasteiger charge is 2.70. The predicted molar refractivity (Wildman–Crippen MR) is 137 cm³/mol. The average molecular weight is 513 g/mol. The summed E-state index contributed by atoms with van der Waals surface area (Å²) in [5.74, 6) is -2.88. The van der Waals surface area contributed by atoms with E-state index >= 15 is 0 Å². The fraction of sp³-hybridized carbons (Fsp3) is 0.387. The van der Waals surface area contributed by atoms with Crippen molar-refractivity contribution < 1.29 is 33.9 Å². The third-order valence-corrected chi connectivity index (χ3v) is 9.17. The number of esters is 3. The first-order valence-corrected chi connectivity index (χ1v) is 13.5. The molecule has 38 heavy (non-hydrogen) atoms. The quantitative estimate of drug-likeness (QED) is 0.417. The second-order valence-corrected chi connectivity index (χ2v) is 11.1. The van der Waals surface area contributed by atoms with Crippen LogP contribution >= 0.6 is 0 Å². The number of nitrogens with two attached hydrogens (primary N) is 1. The third kappa shape index (κ3) is 3.56. The Morgan fingerprint density at radius 3 is 2.45 bits per heavy atom. The molecule has 7 nitrogen and oxygen atoms in total. The normalized spacial score (nSPS) is 30.7. The number of fused-ring (bicyclic) bond motifs is 2. The molecule has 0 aromatic heterocycles. The molecule has 2 heterocycles. The standard InChI is InChI=1S/C31H29NO6/c33-28(21-12-6-8-18-7-4-5-11-20(18)21)36-26-23-17-22-24(29(34)37-27(22)26)25(23)30(35)38-31(13-15-32-16-14-31)19-9-2-1-3-10-19/h1-12,22-27,32H,13-17H2/p+1. The van der Waals surface area contributed by atoms with Crippen LogP contribution in [-0.2, 0) is 29.4 Å². The van der Waals surface area contributed by atoms with E-state index in [9.17, 15) is 14.4 Å². The largest absolute Gasteiger partial charge is 0.458 e. The number of carbonyl (C=O) groups is 3. The number of benzene rings is 3. The molecule has 3 aromatic rings. The van der Waals surface area contributed by atoms with Crippen LogP contribution in [-0.4, -0.2) is 43.2 Å². The molecule has 6 unspecified atom stereocenters. The Balaban J connectivity index is 1.17. The lowest BCUT2D eigenvalue weighted by Gasteiger charge is -2.38. The number of quaternary nitrogens is 1. The van der Waals surface area contributed by atoms with E-state index in [1.165, 1.54) is 0 Å². The van der Waals surface area contributed by atoms with Crippen molar-refractivity contribution in [2.75, 3.05) is 13.1 Å².